The molecule has 0 aliphatic carbocycles. The Morgan fingerprint density at radius 3 is 2.79 bits per heavy atom. The van der Waals surface area contributed by atoms with Gasteiger partial charge in [-0.1, -0.05) is 0 Å². The molecule has 1 aliphatic heterocycles. The fourth-order valence-corrected chi connectivity index (χ4v) is 2.98. The summed E-state index contributed by atoms with van der Waals surface area (Å²) in [5, 5.41) is 18.7. The first kappa shape index (κ1) is 13.5. The number of nitrogens with zero attached hydrogens (tertiary/aromatic N) is 1. The van der Waals surface area contributed by atoms with Crippen LogP contribution < -0.4 is 4.74 Å². The number of phenolic OH excluding ortho intramolecular Hbond substituents is 1. The molecule has 6 nitrogen and oxygen atoms in total. The van der Waals surface area contributed by atoms with Crippen LogP contribution >= 0.6 is 11.8 Å². The number of phenols is 1. The summed E-state index contributed by atoms with van der Waals surface area (Å²) in [5.74, 6) is -0.591. The quantitative estimate of drug-likeness (QED) is 0.860. The molecule has 1 fully saturated rings. The summed E-state index contributed by atoms with van der Waals surface area (Å²) in [4.78, 5) is 24.5. The van der Waals surface area contributed by atoms with Crippen LogP contribution in [0.15, 0.2) is 18.2 Å². The molecule has 2 N–H and O–H groups in total. The van der Waals surface area contributed by atoms with Gasteiger partial charge in [-0.3, -0.25) is 4.79 Å². The van der Waals surface area contributed by atoms with Crippen molar-refractivity contribution in [3.05, 3.63) is 23.8 Å². The van der Waals surface area contributed by atoms with E-state index in [0.29, 0.717) is 11.6 Å². The molecule has 1 amide bonds. The highest BCUT2D eigenvalue weighted by atomic mass is 32.2. The van der Waals surface area contributed by atoms with E-state index in [-0.39, 0.29) is 17.1 Å². The lowest BCUT2D eigenvalue weighted by Crippen LogP contribution is -2.41. The molecule has 1 aromatic carbocycles. The van der Waals surface area contributed by atoms with Gasteiger partial charge < -0.3 is 19.8 Å². The van der Waals surface area contributed by atoms with Crippen molar-refractivity contribution in [2.24, 2.45) is 0 Å². The predicted molar refractivity (Wildman–Crippen MR) is 69.6 cm³/mol. The molecule has 1 aromatic rings. The number of hydrogen-bond donors (Lipinski definition) is 2. The minimum atomic E-state index is -1.02. The third-order valence-corrected chi connectivity index (χ3v) is 3.87. The Hall–Kier alpha value is -1.89. The summed E-state index contributed by atoms with van der Waals surface area (Å²) in [6.45, 7) is 0. The van der Waals surface area contributed by atoms with Crippen molar-refractivity contribution in [3.8, 4) is 11.5 Å². The smallest absolute Gasteiger partial charge is 0.327 e. The van der Waals surface area contributed by atoms with Gasteiger partial charge in [0.15, 0.2) is 11.5 Å². The van der Waals surface area contributed by atoms with E-state index < -0.39 is 17.9 Å². The lowest BCUT2D eigenvalue weighted by Gasteiger charge is -2.20. The maximum absolute atomic E-state index is 12.2. The van der Waals surface area contributed by atoms with Crippen LogP contribution in [0, 0.1) is 0 Å². The van der Waals surface area contributed by atoms with Crippen LogP contribution in [-0.4, -0.2) is 51.8 Å². The van der Waals surface area contributed by atoms with Crippen molar-refractivity contribution < 1.29 is 24.5 Å². The van der Waals surface area contributed by atoms with Gasteiger partial charge in [0.1, 0.15) is 6.04 Å². The first-order chi connectivity index (χ1) is 9.04. The number of carboxylic acid groups (broad SMARTS) is 1. The molecule has 1 atom stereocenters. The van der Waals surface area contributed by atoms with Gasteiger partial charge >= 0.3 is 5.97 Å². The SMILES string of the molecule is COc1ccc(C(=O)N2CSCC2C(=O)O)cc1O. The number of amides is 1. The number of aromatic hydroxyl groups is 1. The standard InChI is InChI=1S/C12H13NO5S/c1-18-10-3-2-7(4-9(10)14)11(15)13-6-19-5-8(13)12(16)17/h2-4,8,14H,5-6H2,1H3,(H,16,17). The van der Waals surface area contributed by atoms with Crippen molar-refractivity contribution in [2.45, 2.75) is 6.04 Å². The number of methoxy groups -OCH3 is 1. The van der Waals surface area contributed by atoms with Gasteiger partial charge in [0.2, 0.25) is 0 Å². The average molecular weight is 283 g/mol. The van der Waals surface area contributed by atoms with Crippen molar-refractivity contribution in [1.29, 1.82) is 0 Å². The van der Waals surface area contributed by atoms with E-state index in [4.69, 9.17) is 9.84 Å². The van der Waals surface area contributed by atoms with Crippen LogP contribution in [0.25, 0.3) is 0 Å². The van der Waals surface area contributed by atoms with Crippen LogP contribution in [-0.2, 0) is 4.79 Å². The van der Waals surface area contributed by atoms with E-state index in [1.165, 1.54) is 42.0 Å². The summed E-state index contributed by atoms with van der Waals surface area (Å²) >= 11 is 1.39. The molecule has 0 bridgehead atoms. The van der Waals surface area contributed by atoms with Crippen LogP contribution in [0.5, 0.6) is 11.5 Å². The van der Waals surface area contributed by atoms with Gasteiger partial charge in [0, 0.05) is 11.3 Å². The molecule has 19 heavy (non-hydrogen) atoms. The first-order valence-corrected chi connectivity index (χ1v) is 6.68. The number of carbonyl (C=O) groups excluding carboxylic acids is 1. The second-order valence-corrected chi connectivity index (χ2v) is 5.02. The zero-order chi connectivity index (χ0) is 14.0. The van der Waals surface area contributed by atoms with Gasteiger partial charge in [-0.25, -0.2) is 4.79 Å². The third-order valence-electron chi connectivity index (χ3n) is 2.85. The Kier molecular flexibility index (Phi) is 3.84. The number of benzene rings is 1. The van der Waals surface area contributed by atoms with Gasteiger partial charge in [-0.05, 0) is 18.2 Å². The summed E-state index contributed by atoms with van der Waals surface area (Å²) in [6, 6.07) is 3.44. The van der Waals surface area contributed by atoms with Gasteiger partial charge in [-0.15, -0.1) is 11.8 Å². The minimum Gasteiger partial charge on any atom is -0.504 e. The number of hydrogen-bond acceptors (Lipinski definition) is 5. The van der Waals surface area contributed by atoms with Gasteiger partial charge in [-0.2, -0.15) is 0 Å². The fraction of sp³-hybridized carbons (Fsp3) is 0.333. The normalized spacial score (nSPS) is 18.4. The Balaban J connectivity index is 2.24. The molecule has 2 rings (SSSR count). The van der Waals surface area contributed by atoms with E-state index >= 15 is 0 Å². The zero-order valence-corrected chi connectivity index (χ0v) is 11.0. The third kappa shape index (κ3) is 2.60. The zero-order valence-electron chi connectivity index (χ0n) is 10.2. The van der Waals surface area contributed by atoms with Gasteiger partial charge in [0.05, 0.1) is 13.0 Å². The van der Waals surface area contributed by atoms with Crippen molar-refractivity contribution >= 4 is 23.6 Å². The lowest BCUT2D eigenvalue weighted by atomic mass is 10.1. The molecular weight excluding hydrogens is 270 g/mol. The molecule has 1 aliphatic rings. The van der Waals surface area contributed by atoms with Crippen molar-refractivity contribution in [1.82, 2.24) is 4.90 Å². The highest BCUT2D eigenvalue weighted by Gasteiger charge is 2.35. The summed E-state index contributed by atoms with van der Waals surface area (Å²) in [6.07, 6.45) is 0. The Morgan fingerprint density at radius 2 is 2.21 bits per heavy atom. The summed E-state index contributed by atoms with van der Waals surface area (Å²) < 4.78 is 4.89. The highest BCUT2D eigenvalue weighted by molar-refractivity contribution is 7.99. The molecule has 0 radical (unpaired) electrons. The topological polar surface area (TPSA) is 87.1 Å². The van der Waals surface area contributed by atoms with E-state index in [1.54, 1.807) is 0 Å². The number of aliphatic carboxylic acids is 1. The molecular formula is C12H13NO5S. The number of thioether (sulfide) groups is 1. The maximum Gasteiger partial charge on any atom is 0.327 e. The number of carboxylic acids is 1. The highest BCUT2D eigenvalue weighted by Crippen LogP contribution is 2.29. The van der Waals surface area contributed by atoms with Crippen molar-refractivity contribution in [3.63, 3.8) is 0 Å². The molecule has 102 valence electrons. The monoisotopic (exact) mass is 283 g/mol. The Morgan fingerprint density at radius 1 is 1.47 bits per heavy atom. The molecule has 0 aromatic heterocycles. The van der Waals surface area contributed by atoms with Crippen LogP contribution in [0.2, 0.25) is 0 Å². The van der Waals surface area contributed by atoms with Crippen LogP contribution in [0.3, 0.4) is 0 Å². The predicted octanol–water partition coefficient (Wildman–Crippen LogP) is 1.00. The van der Waals surface area contributed by atoms with Crippen molar-refractivity contribution in [2.75, 3.05) is 18.7 Å². The van der Waals surface area contributed by atoms with E-state index in [0.717, 1.165) is 0 Å². The van der Waals surface area contributed by atoms with Crippen LogP contribution in [0.1, 0.15) is 10.4 Å². The summed E-state index contributed by atoms with van der Waals surface area (Å²) in [7, 11) is 1.41. The number of ether oxygens (including phenoxy) is 1. The summed E-state index contributed by atoms with van der Waals surface area (Å²) in [5.41, 5.74) is 0.243. The minimum absolute atomic E-state index is 0.146. The molecule has 0 saturated carbocycles. The van der Waals surface area contributed by atoms with E-state index in [2.05, 4.69) is 0 Å². The molecule has 7 heteroatoms. The van der Waals surface area contributed by atoms with E-state index in [1.807, 2.05) is 0 Å². The second-order valence-electron chi connectivity index (χ2n) is 4.02. The Bertz CT molecular complexity index is 519. The van der Waals surface area contributed by atoms with E-state index in [9.17, 15) is 14.7 Å². The first-order valence-electron chi connectivity index (χ1n) is 5.53. The Labute approximate surface area is 114 Å². The van der Waals surface area contributed by atoms with Crippen LogP contribution in [0.4, 0.5) is 0 Å². The number of carbonyl (C=O) groups is 2. The van der Waals surface area contributed by atoms with Gasteiger partial charge in [0.25, 0.3) is 5.91 Å². The largest absolute Gasteiger partial charge is 0.504 e. The molecule has 1 unspecified atom stereocenters. The number of rotatable bonds is 3. The molecule has 0 spiro atoms. The molecule has 1 heterocycles. The fourth-order valence-electron chi connectivity index (χ4n) is 1.84. The second kappa shape index (κ2) is 5.40. The average Bonchev–Trinajstić information content (AvgIpc) is 2.87. The molecule has 1 saturated heterocycles. The maximum atomic E-state index is 12.2. The lowest BCUT2D eigenvalue weighted by molar-refractivity contribution is -0.140.